The van der Waals surface area contributed by atoms with Crippen molar-refractivity contribution in [2.24, 2.45) is 0 Å². The van der Waals surface area contributed by atoms with Gasteiger partial charge in [0.25, 0.3) is 0 Å². The van der Waals surface area contributed by atoms with Crippen LogP contribution < -0.4 is 10.1 Å². The molecule has 15 heavy (non-hydrogen) atoms. The lowest BCUT2D eigenvalue weighted by Gasteiger charge is -2.12. The lowest BCUT2D eigenvalue weighted by Crippen LogP contribution is -2.04. The van der Waals surface area contributed by atoms with Gasteiger partial charge in [-0.3, -0.25) is 0 Å². The summed E-state index contributed by atoms with van der Waals surface area (Å²) in [5, 5.41) is 3.40. The number of anilines is 1. The second-order valence-corrected chi connectivity index (χ2v) is 4.09. The quantitative estimate of drug-likeness (QED) is 0.593. The molecule has 0 heterocycles. The molecule has 0 radical (unpaired) electrons. The number of aryl methyl sites for hydroxylation is 2. The minimum absolute atomic E-state index is 0.918. The van der Waals surface area contributed by atoms with E-state index in [4.69, 9.17) is 4.74 Å². The summed E-state index contributed by atoms with van der Waals surface area (Å²) in [5.41, 5.74) is 3.57. The van der Waals surface area contributed by atoms with Gasteiger partial charge >= 0.3 is 0 Å². The van der Waals surface area contributed by atoms with Crippen molar-refractivity contribution < 1.29 is 4.74 Å². The second kappa shape index (κ2) is 5.91. The third-order valence-corrected chi connectivity index (χ3v) is 2.71. The van der Waals surface area contributed by atoms with E-state index >= 15 is 0 Å². The van der Waals surface area contributed by atoms with Crippen LogP contribution in [0.1, 0.15) is 17.5 Å². The average molecular weight is 225 g/mol. The number of rotatable bonds is 5. The van der Waals surface area contributed by atoms with Crippen LogP contribution in [0.5, 0.6) is 5.75 Å². The third kappa shape index (κ3) is 3.34. The highest BCUT2D eigenvalue weighted by molar-refractivity contribution is 7.80. The predicted octanol–water partition coefficient (Wildman–Crippen LogP) is 3.04. The van der Waals surface area contributed by atoms with Crippen molar-refractivity contribution in [3.05, 3.63) is 23.3 Å². The molecule has 1 aromatic rings. The molecule has 1 rings (SSSR count). The summed E-state index contributed by atoms with van der Waals surface area (Å²) in [5.74, 6) is 1.87. The second-order valence-electron chi connectivity index (χ2n) is 3.64. The van der Waals surface area contributed by atoms with Gasteiger partial charge in [-0.25, -0.2) is 0 Å². The van der Waals surface area contributed by atoms with Crippen molar-refractivity contribution in [1.82, 2.24) is 0 Å². The van der Waals surface area contributed by atoms with Crippen LogP contribution in [0.4, 0.5) is 5.69 Å². The maximum atomic E-state index is 5.27. The molecule has 0 bridgehead atoms. The molecule has 0 aliphatic heterocycles. The van der Waals surface area contributed by atoms with Crippen LogP contribution in [0, 0.1) is 13.8 Å². The van der Waals surface area contributed by atoms with Crippen molar-refractivity contribution in [3.8, 4) is 5.75 Å². The Morgan fingerprint density at radius 1 is 1.27 bits per heavy atom. The Hall–Kier alpha value is -0.830. The van der Waals surface area contributed by atoms with E-state index in [0.29, 0.717) is 0 Å². The Morgan fingerprint density at radius 2 is 2.00 bits per heavy atom. The summed E-state index contributed by atoms with van der Waals surface area (Å²) in [7, 11) is 1.70. The lowest BCUT2D eigenvalue weighted by atomic mass is 10.1. The van der Waals surface area contributed by atoms with Crippen LogP contribution in [0.25, 0.3) is 0 Å². The molecule has 0 saturated heterocycles. The Morgan fingerprint density at radius 3 is 2.60 bits per heavy atom. The van der Waals surface area contributed by atoms with Gasteiger partial charge in [-0.1, -0.05) is 0 Å². The Balaban J connectivity index is 2.76. The van der Waals surface area contributed by atoms with Gasteiger partial charge in [-0.05, 0) is 49.3 Å². The van der Waals surface area contributed by atoms with Crippen LogP contribution in [0.3, 0.4) is 0 Å². The molecular formula is C12H19NOS. The zero-order valence-corrected chi connectivity index (χ0v) is 10.5. The van der Waals surface area contributed by atoms with Gasteiger partial charge in [0.15, 0.2) is 0 Å². The van der Waals surface area contributed by atoms with Gasteiger partial charge in [-0.15, -0.1) is 0 Å². The van der Waals surface area contributed by atoms with Crippen LogP contribution in [0.2, 0.25) is 0 Å². The molecule has 0 aromatic heterocycles. The highest BCUT2D eigenvalue weighted by Gasteiger charge is 2.03. The molecule has 0 aliphatic carbocycles. The number of methoxy groups -OCH3 is 1. The van der Waals surface area contributed by atoms with Crippen LogP contribution >= 0.6 is 12.6 Å². The third-order valence-electron chi connectivity index (χ3n) is 2.39. The molecule has 0 atom stereocenters. The monoisotopic (exact) mass is 225 g/mol. The van der Waals surface area contributed by atoms with Gasteiger partial charge in [0.2, 0.25) is 0 Å². The summed E-state index contributed by atoms with van der Waals surface area (Å²) >= 11 is 4.18. The van der Waals surface area contributed by atoms with Gasteiger partial charge in [0.05, 0.1) is 7.11 Å². The first kappa shape index (κ1) is 12.2. The minimum Gasteiger partial charge on any atom is -0.496 e. The molecule has 2 nitrogen and oxygen atoms in total. The van der Waals surface area contributed by atoms with Crippen molar-refractivity contribution in [1.29, 1.82) is 0 Å². The molecule has 84 valence electrons. The zero-order chi connectivity index (χ0) is 11.3. The van der Waals surface area contributed by atoms with E-state index in [1.54, 1.807) is 7.11 Å². The number of ether oxygens (including phenoxy) is 1. The van der Waals surface area contributed by atoms with Gasteiger partial charge in [0, 0.05) is 12.2 Å². The fraction of sp³-hybridized carbons (Fsp3) is 0.500. The molecule has 0 aliphatic rings. The molecule has 1 N–H and O–H groups in total. The number of thiol groups is 1. The number of hydrogen-bond acceptors (Lipinski definition) is 3. The Labute approximate surface area is 97.4 Å². The number of benzene rings is 1. The summed E-state index contributed by atoms with van der Waals surface area (Å²) in [6.07, 6.45) is 1.08. The van der Waals surface area contributed by atoms with Gasteiger partial charge in [-0.2, -0.15) is 12.6 Å². The van der Waals surface area contributed by atoms with Crippen molar-refractivity contribution in [3.63, 3.8) is 0 Å². The topological polar surface area (TPSA) is 21.3 Å². The highest BCUT2D eigenvalue weighted by atomic mass is 32.1. The fourth-order valence-electron chi connectivity index (χ4n) is 1.50. The molecule has 0 spiro atoms. The molecule has 0 amide bonds. The fourth-order valence-corrected chi connectivity index (χ4v) is 1.66. The van der Waals surface area contributed by atoms with Gasteiger partial charge in [0.1, 0.15) is 5.75 Å². The maximum Gasteiger partial charge on any atom is 0.122 e. The number of hydrogen-bond donors (Lipinski definition) is 2. The minimum atomic E-state index is 0.918. The highest BCUT2D eigenvalue weighted by Crippen LogP contribution is 2.25. The standard InChI is InChI=1S/C12H19NOS/c1-9-8-12(14-3)10(2)7-11(9)13-5-4-6-15/h7-8,13,15H,4-6H2,1-3H3. The largest absolute Gasteiger partial charge is 0.496 e. The molecule has 0 unspecified atom stereocenters. The first-order valence-electron chi connectivity index (χ1n) is 5.19. The van der Waals surface area contributed by atoms with Gasteiger partial charge < -0.3 is 10.1 Å². The predicted molar refractivity (Wildman–Crippen MR) is 69.4 cm³/mol. The van der Waals surface area contributed by atoms with E-state index in [0.717, 1.165) is 30.0 Å². The summed E-state index contributed by atoms with van der Waals surface area (Å²) in [6, 6.07) is 4.20. The first-order valence-corrected chi connectivity index (χ1v) is 5.82. The van der Waals surface area contributed by atoms with E-state index in [1.165, 1.54) is 11.3 Å². The number of nitrogens with one attached hydrogen (secondary N) is 1. The summed E-state index contributed by atoms with van der Waals surface area (Å²) in [6.45, 7) is 5.11. The normalized spacial score (nSPS) is 10.1. The molecule has 1 aromatic carbocycles. The maximum absolute atomic E-state index is 5.27. The SMILES string of the molecule is COc1cc(C)c(NCCCS)cc1C. The molecule has 0 saturated carbocycles. The Kier molecular flexibility index (Phi) is 4.82. The van der Waals surface area contributed by atoms with E-state index in [9.17, 15) is 0 Å². The van der Waals surface area contributed by atoms with Crippen LogP contribution in [0.15, 0.2) is 12.1 Å². The van der Waals surface area contributed by atoms with E-state index in [1.807, 2.05) is 0 Å². The Bertz CT molecular complexity index is 326. The van der Waals surface area contributed by atoms with E-state index < -0.39 is 0 Å². The average Bonchev–Trinajstić information content (AvgIpc) is 2.23. The van der Waals surface area contributed by atoms with E-state index in [-0.39, 0.29) is 0 Å². The van der Waals surface area contributed by atoms with Crippen molar-refractivity contribution >= 4 is 18.3 Å². The van der Waals surface area contributed by atoms with Crippen molar-refractivity contribution in [2.75, 3.05) is 24.7 Å². The smallest absolute Gasteiger partial charge is 0.122 e. The van der Waals surface area contributed by atoms with Crippen molar-refractivity contribution in [2.45, 2.75) is 20.3 Å². The molecular weight excluding hydrogens is 206 g/mol. The first-order chi connectivity index (χ1) is 7.19. The van der Waals surface area contributed by atoms with Crippen LogP contribution in [-0.4, -0.2) is 19.4 Å². The van der Waals surface area contributed by atoms with Crippen LogP contribution in [-0.2, 0) is 0 Å². The molecule has 0 fully saturated rings. The van der Waals surface area contributed by atoms with E-state index in [2.05, 4.69) is 43.9 Å². The zero-order valence-electron chi connectivity index (χ0n) is 9.63. The summed E-state index contributed by atoms with van der Waals surface area (Å²) in [4.78, 5) is 0. The molecule has 3 heteroatoms. The summed E-state index contributed by atoms with van der Waals surface area (Å²) < 4.78 is 5.27. The lowest BCUT2D eigenvalue weighted by molar-refractivity contribution is 0.411.